The molecule has 1 aliphatic carbocycles. The average molecular weight is 297 g/mol. The zero-order valence-electron chi connectivity index (χ0n) is 15.2. The molecule has 0 spiro atoms. The minimum atomic E-state index is 0.859. The Kier molecular flexibility index (Phi) is 10.4. The predicted octanol–water partition coefficient (Wildman–Crippen LogP) is 4.79. The molecule has 2 rings (SSSR count). The van der Waals surface area contributed by atoms with Crippen molar-refractivity contribution >= 4 is 0 Å². The quantitative estimate of drug-likeness (QED) is 0.720. The number of hydrogen-bond donors (Lipinski definition) is 0. The van der Waals surface area contributed by atoms with Crippen LogP contribution in [0.4, 0.5) is 0 Å². The van der Waals surface area contributed by atoms with Crippen LogP contribution in [0.3, 0.4) is 0 Å². The summed E-state index contributed by atoms with van der Waals surface area (Å²) in [6.45, 7) is 15.4. The smallest absolute Gasteiger partial charge is 0.0119 e. The van der Waals surface area contributed by atoms with Crippen LogP contribution < -0.4 is 0 Å². The second kappa shape index (κ2) is 11.5. The number of rotatable bonds is 5. The van der Waals surface area contributed by atoms with Crippen molar-refractivity contribution in [2.75, 3.05) is 32.7 Å². The standard InChI is InChI=1S/C11H24N2.C8H16/c1-4-12-9-7-11(8-10-12)13(5-2)6-3;1-2-8-6-4-3-5-7-8/h11H,4-10H2,1-3H3;8H,2-7H2,1H3. The summed E-state index contributed by atoms with van der Waals surface area (Å²) in [7, 11) is 0. The summed E-state index contributed by atoms with van der Waals surface area (Å²) in [5.74, 6) is 1.09. The molecule has 1 saturated heterocycles. The molecule has 21 heavy (non-hydrogen) atoms. The molecular formula is C19H40N2. The van der Waals surface area contributed by atoms with E-state index in [1.54, 1.807) is 0 Å². The molecule has 2 nitrogen and oxygen atoms in total. The lowest BCUT2D eigenvalue weighted by Crippen LogP contribution is -2.44. The van der Waals surface area contributed by atoms with Crippen molar-refractivity contribution in [2.24, 2.45) is 5.92 Å². The Morgan fingerprint density at radius 1 is 0.810 bits per heavy atom. The van der Waals surface area contributed by atoms with Gasteiger partial charge in [0.15, 0.2) is 0 Å². The van der Waals surface area contributed by atoms with Gasteiger partial charge in [-0.15, -0.1) is 0 Å². The molecule has 126 valence electrons. The first-order chi connectivity index (χ1) is 10.2. The van der Waals surface area contributed by atoms with Gasteiger partial charge in [-0.1, -0.05) is 66.2 Å². The monoisotopic (exact) mass is 296 g/mol. The molecule has 1 saturated carbocycles. The van der Waals surface area contributed by atoms with Crippen LogP contribution in [-0.4, -0.2) is 48.6 Å². The van der Waals surface area contributed by atoms with E-state index in [1.807, 2.05) is 0 Å². The highest BCUT2D eigenvalue weighted by Gasteiger charge is 2.21. The van der Waals surface area contributed by atoms with Gasteiger partial charge in [-0.2, -0.15) is 0 Å². The number of likely N-dealkylation sites (tertiary alicyclic amines) is 1. The first kappa shape index (κ1) is 19.0. The van der Waals surface area contributed by atoms with Gasteiger partial charge in [-0.05, 0) is 51.5 Å². The first-order valence-corrected chi connectivity index (χ1v) is 9.71. The zero-order valence-corrected chi connectivity index (χ0v) is 15.2. The lowest BCUT2D eigenvalue weighted by molar-refractivity contribution is 0.120. The highest BCUT2D eigenvalue weighted by Crippen LogP contribution is 2.25. The van der Waals surface area contributed by atoms with Crippen LogP contribution in [0.15, 0.2) is 0 Å². The third-order valence-electron chi connectivity index (χ3n) is 5.64. The molecule has 0 unspecified atom stereocenters. The maximum absolute atomic E-state index is 2.60. The van der Waals surface area contributed by atoms with E-state index < -0.39 is 0 Å². The van der Waals surface area contributed by atoms with E-state index in [0.717, 1.165) is 12.0 Å². The Balaban J connectivity index is 0.000000235. The van der Waals surface area contributed by atoms with Gasteiger partial charge >= 0.3 is 0 Å². The second-order valence-corrected chi connectivity index (χ2v) is 6.80. The van der Waals surface area contributed by atoms with E-state index in [4.69, 9.17) is 0 Å². The topological polar surface area (TPSA) is 6.48 Å². The summed E-state index contributed by atoms with van der Waals surface area (Å²) >= 11 is 0. The fraction of sp³-hybridized carbons (Fsp3) is 1.00. The fourth-order valence-electron chi connectivity index (χ4n) is 3.94. The summed E-state index contributed by atoms with van der Waals surface area (Å²) < 4.78 is 0. The maximum atomic E-state index is 2.60. The zero-order chi connectivity index (χ0) is 15.5. The number of nitrogens with zero attached hydrogens (tertiary/aromatic N) is 2. The fourth-order valence-corrected chi connectivity index (χ4v) is 3.94. The summed E-state index contributed by atoms with van der Waals surface area (Å²) in [4.78, 5) is 5.16. The molecule has 0 amide bonds. The van der Waals surface area contributed by atoms with Gasteiger partial charge < -0.3 is 9.80 Å². The molecule has 0 aromatic carbocycles. The van der Waals surface area contributed by atoms with Gasteiger partial charge in [0.25, 0.3) is 0 Å². The molecular weight excluding hydrogens is 256 g/mol. The van der Waals surface area contributed by atoms with E-state index in [9.17, 15) is 0 Å². The minimum absolute atomic E-state index is 0.859. The lowest BCUT2D eigenvalue weighted by atomic mass is 9.88. The van der Waals surface area contributed by atoms with Gasteiger partial charge in [0.1, 0.15) is 0 Å². The molecule has 0 aromatic rings. The average Bonchev–Trinajstić information content (AvgIpc) is 2.58. The highest BCUT2D eigenvalue weighted by molar-refractivity contribution is 4.78. The normalized spacial score (nSPS) is 22.1. The molecule has 2 fully saturated rings. The number of hydrogen-bond acceptors (Lipinski definition) is 2. The first-order valence-electron chi connectivity index (χ1n) is 9.71. The molecule has 0 atom stereocenters. The molecule has 2 aliphatic rings. The van der Waals surface area contributed by atoms with Crippen LogP contribution in [0.1, 0.15) is 79.1 Å². The van der Waals surface area contributed by atoms with Crippen molar-refractivity contribution in [2.45, 2.75) is 85.1 Å². The van der Waals surface area contributed by atoms with Crippen molar-refractivity contribution in [3.63, 3.8) is 0 Å². The Hall–Kier alpha value is -0.0800. The molecule has 2 heteroatoms. The van der Waals surface area contributed by atoms with Crippen molar-refractivity contribution in [3.05, 3.63) is 0 Å². The van der Waals surface area contributed by atoms with Crippen LogP contribution in [-0.2, 0) is 0 Å². The lowest BCUT2D eigenvalue weighted by Gasteiger charge is -2.37. The van der Waals surface area contributed by atoms with Gasteiger partial charge in [-0.3, -0.25) is 0 Å². The van der Waals surface area contributed by atoms with Crippen molar-refractivity contribution in [1.29, 1.82) is 0 Å². The summed E-state index contributed by atoms with van der Waals surface area (Å²) in [6, 6.07) is 0.859. The van der Waals surface area contributed by atoms with Crippen LogP contribution in [0, 0.1) is 5.92 Å². The van der Waals surface area contributed by atoms with Crippen LogP contribution in [0.2, 0.25) is 0 Å². The molecule has 0 N–H and O–H groups in total. The van der Waals surface area contributed by atoms with E-state index in [0.29, 0.717) is 0 Å². The van der Waals surface area contributed by atoms with Crippen molar-refractivity contribution in [1.82, 2.24) is 9.80 Å². The van der Waals surface area contributed by atoms with Crippen LogP contribution in [0.5, 0.6) is 0 Å². The SMILES string of the molecule is CCC1CCCCC1.CCN1CCC(N(CC)CC)CC1. The van der Waals surface area contributed by atoms with Gasteiger partial charge in [0.2, 0.25) is 0 Å². The highest BCUT2D eigenvalue weighted by atomic mass is 15.2. The third-order valence-corrected chi connectivity index (χ3v) is 5.64. The molecule has 1 aliphatic heterocycles. The predicted molar refractivity (Wildman–Crippen MR) is 94.9 cm³/mol. The Bertz CT molecular complexity index is 224. The molecule has 1 heterocycles. The minimum Gasteiger partial charge on any atom is -0.303 e. The van der Waals surface area contributed by atoms with E-state index in [-0.39, 0.29) is 0 Å². The summed E-state index contributed by atoms with van der Waals surface area (Å²) in [6.07, 6.45) is 11.7. The molecule has 0 bridgehead atoms. The summed E-state index contributed by atoms with van der Waals surface area (Å²) in [5, 5.41) is 0. The molecule has 0 radical (unpaired) electrons. The van der Waals surface area contributed by atoms with Gasteiger partial charge in [0.05, 0.1) is 0 Å². The Morgan fingerprint density at radius 3 is 1.76 bits per heavy atom. The molecule has 0 aromatic heterocycles. The maximum Gasteiger partial charge on any atom is 0.0119 e. The van der Waals surface area contributed by atoms with E-state index >= 15 is 0 Å². The van der Waals surface area contributed by atoms with E-state index in [2.05, 4.69) is 37.5 Å². The Morgan fingerprint density at radius 2 is 1.38 bits per heavy atom. The second-order valence-electron chi connectivity index (χ2n) is 6.80. The Labute approximate surface area is 134 Å². The number of piperidine rings is 1. The van der Waals surface area contributed by atoms with Crippen molar-refractivity contribution in [3.8, 4) is 0 Å². The van der Waals surface area contributed by atoms with Crippen LogP contribution in [0.25, 0.3) is 0 Å². The van der Waals surface area contributed by atoms with Gasteiger partial charge in [0, 0.05) is 6.04 Å². The van der Waals surface area contributed by atoms with E-state index in [1.165, 1.54) is 84.1 Å². The third kappa shape index (κ3) is 7.15. The van der Waals surface area contributed by atoms with Gasteiger partial charge in [-0.25, -0.2) is 0 Å². The van der Waals surface area contributed by atoms with Crippen molar-refractivity contribution < 1.29 is 0 Å². The largest absolute Gasteiger partial charge is 0.303 e. The summed E-state index contributed by atoms with van der Waals surface area (Å²) in [5.41, 5.74) is 0. The van der Waals surface area contributed by atoms with Crippen LogP contribution >= 0.6 is 0 Å².